The molecule has 0 aromatic heterocycles. The van der Waals surface area contributed by atoms with Crippen LogP contribution in [0.2, 0.25) is 0 Å². The Kier molecular flexibility index (Phi) is 3.72. The first kappa shape index (κ1) is 12.3. The van der Waals surface area contributed by atoms with Crippen LogP contribution in [-0.4, -0.2) is 20.0 Å². The number of nitrogens with zero attached hydrogens (tertiary/aromatic N) is 1. The van der Waals surface area contributed by atoms with Crippen molar-refractivity contribution in [3.8, 4) is 0 Å². The first-order valence-electron chi connectivity index (χ1n) is 5.17. The van der Waals surface area contributed by atoms with Gasteiger partial charge in [-0.25, -0.2) is 0 Å². The maximum atomic E-state index is 11.3. The predicted octanol–water partition coefficient (Wildman–Crippen LogP) is 2.49. The average Bonchev–Trinajstić information content (AvgIpc) is 2.22. The Morgan fingerprint density at radius 2 is 1.81 bits per heavy atom. The topological polar surface area (TPSA) is 32.3 Å². The standard InChI is InChI=1S/C13H18N2O/c1-6-12(16)14-13-9(2)7-11(15(4)5)8-10(13)3/h6-8H,1H2,2-5H3,(H,14,16). The van der Waals surface area contributed by atoms with Crippen molar-refractivity contribution in [1.29, 1.82) is 0 Å². The molecule has 1 aromatic rings. The molecule has 0 radical (unpaired) electrons. The van der Waals surface area contributed by atoms with Gasteiger partial charge in [-0.1, -0.05) is 6.58 Å². The lowest BCUT2D eigenvalue weighted by Crippen LogP contribution is -2.13. The van der Waals surface area contributed by atoms with Gasteiger partial charge in [-0.05, 0) is 43.2 Å². The van der Waals surface area contributed by atoms with E-state index in [0.717, 1.165) is 22.5 Å². The van der Waals surface area contributed by atoms with Crippen molar-refractivity contribution >= 4 is 17.3 Å². The van der Waals surface area contributed by atoms with E-state index < -0.39 is 0 Å². The Hall–Kier alpha value is -1.77. The molecule has 3 heteroatoms. The molecule has 1 rings (SSSR count). The van der Waals surface area contributed by atoms with Crippen molar-refractivity contribution in [1.82, 2.24) is 0 Å². The zero-order chi connectivity index (χ0) is 12.3. The summed E-state index contributed by atoms with van der Waals surface area (Å²) in [6, 6.07) is 4.09. The monoisotopic (exact) mass is 218 g/mol. The summed E-state index contributed by atoms with van der Waals surface area (Å²) in [4.78, 5) is 13.3. The molecular formula is C13H18N2O. The number of nitrogens with one attached hydrogen (secondary N) is 1. The highest BCUT2D eigenvalue weighted by Crippen LogP contribution is 2.26. The Balaban J connectivity index is 3.12. The van der Waals surface area contributed by atoms with Crippen molar-refractivity contribution in [2.24, 2.45) is 0 Å². The van der Waals surface area contributed by atoms with E-state index in [1.165, 1.54) is 6.08 Å². The number of benzene rings is 1. The maximum Gasteiger partial charge on any atom is 0.247 e. The first-order valence-corrected chi connectivity index (χ1v) is 5.17. The Morgan fingerprint density at radius 3 is 2.19 bits per heavy atom. The summed E-state index contributed by atoms with van der Waals surface area (Å²) >= 11 is 0. The fraction of sp³-hybridized carbons (Fsp3) is 0.308. The van der Waals surface area contributed by atoms with Gasteiger partial charge < -0.3 is 10.2 Å². The molecule has 0 saturated heterocycles. The molecule has 0 unspecified atom stereocenters. The summed E-state index contributed by atoms with van der Waals surface area (Å²) in [5, 5.41) is 2.82. The Morgan fingerprint density at radius 1 is 1.31 bits per heavy atom. The number of rotatable bonds is 3. The van der Waals surface area contributed by atoms with Gasteiger partial charge in [-0.3, -0.25) is 4.79 Å². The van der Waals surface area contributed by atoms with E-state index in [1.807, 2.05) is 45.0 Å². The van der Waals surface area contributed by atoms with Crippen LogP contribution in [0.15, 0.2) is 24.8 Å². The van der Waals surface area contributed by atoms with Crippen LogP contribution in [0.3, 0.4) is 0 Å². The Bertz CT molecular complexity index is 399. The van der Waals surface area contributed by atoms with Gasteiger partial charge in [0, 0.05) is 25.5 Å². The van der Waals surface area contributed by atoms with Crippen molar-refractivity contribution in [2.75, 3.05) is 24.3 Å². The largest absolute Gasteiger partial charge is 0.378 e. The highest BCUT2D eigenvalue weighted by atomic mass is 16.1. The Labute approximate surface area is 96.8 Å². The molecule has 0 bridgehead atoms. The zero-order valence-electron chi connectivity index (χ0n) is 10.3. The van der Waals surface area contributed by atoms with Crippen molar-refractivity contribution in [3.05, 3.63) is 35.9 Å². The second-order valence-electron chi connectivity index (χ2n) is 4.04. The summed E-state index contributed by atoms with van der Waals surface area (Å²) in [5.41, 5.74) is 4.11. The van der Waals surface area contributed by atoms with Crippen LogP contribution in [0.25, 0.3) is 0 Å². The van der Waals surface area contributed by atoms with Gasteiger partial charge >= 0.3 is 0 Å². The van der Waals surface area contributed by atoms with Gasteiger partial charge in [0.05, 0.1) is 0 Å². The van der Waals surface area contributed by atoms with Crippen molar-refractivity contribution in [3.63, 3.8) is 0 Å². The van der Waals surface area contributed by atoms with Crippen LogP contribution < -0.4 is 10.2 Å². The number of hydrogen-bond acceptors (Lipinski definition) is 2. The third kappa shape index (κ3) is 2.63. The SMILES string of the molecule is C=CC(=O)Nc1c(C)cc(N(C)C)cc1C. The molecule has 1 aromatic carbocycles. The highest BCUT2D eigenvalue weighted by molar-refractivity contribution is 6.00. The van der Waals surface area contributed by atoms with Gasteiger partial charge in [0.25, 0.3) is 0 Å². The van der Waals surface area contributed by atoms with Gasteiger partial charge in [-0.2, -0.15) is 0 Å². The molecule has 1 amide bonds. The third-order valence-corrected chi connectivity index (χ3v) is 2.47. The van der Waals surface area contributed by atoms with E-state index >= 15 is 0 Å². The molecule has 86 valence electrons. The van der Waals surface area contributed by atoms with E-state index in [0.29, 0.717) is 0 Å². The second kappa shape index (κ2) is 4.84. The zero-order valence-corrected chi connectivity index (χ0v) is 10.3. The smallest absolute Gasteiger partial charge is 0.247 e. The predicted molar refractivity (Wildman–Crippen MR) is 69.1 cm³/mol. The van der Waals surface area contributed by atoms with Crippen molar-refractivity contribution in [2.45, 2.75) is 13.8 Å². The molecular weight excluding hydrogens is 200 g/mol. The molecule has 0 spiro atoms. The molecule has 0 aliphatic carbocycles. The molecule has 0 aliphatic rings. The summed E-state index contributed by atoms with van der Waals surface area (Å²) in [6.07, 6.45) is 1.28. The quantitative estimate of drug-likeness (QED) is 0.790. The molecule has 0 fully saturated rings. The number of anilines is 2. The lowest BCUT2D eigenvalue weighted by Gasteiger charge is -2.17. The molecule has 0 saturated carbocycles. The van der Waals surface area contributed by atoms with Crippen LogP contribution in [-0.2, 0) is 4.79 Å². The molecule has 1 N–H and O–H groups in total. The highest BCUT2D eigenvalue weighted by Gasteiger charge is 2.07. The lowest BCUT2D eigenvalue weighted by atomic mass is 10.1. The van der Waals surface area contributed by atoms with Crippen molar-refractivity contribution < 1.29 is 4.79 Å². The average molecular weight is 218 g/mol. The van der Waals surface area contributed by atoms with Crippen LogP contribution in [0.1, 0.15) is 11.1 Å². The van der Waals surface area contributed by atoms with E-state index in [-0.39, 0.29) is 5.91 Å². The number of carbonyl (C=O) groups excluding carboxylic acids is 1. The summed E-state index contributed by atoms with van der Waals surface area (Å²) in [7, 11) is 3.99. The molecule has 0 atom stereocenters. The van der Waals surface area contributed by atoms with Gasteiger partial charge in [-0.15, -0.1) is 0 Å². The van der Waals surface area contributed by atoms with E-state index in [9.17, 15) is 4.79 Å². The van der Waals surface area contributed by atoms with Crippen LogP contribution in [0, 0.1) is 13.8 Å². The lowest BCUT2D eigenvalue weighted by molar-refractivity contribution is -0.111. The van der Waals surface area contributed by atoms with Crippen LogP contribution in [0.4, 0.5) is 11.4 Å². The molecule has 16 heavy (non-hydrogen) atoms. The minimum absolute atomic E-state index is 0.177. The molecule has 0 aliphatic heterocycles. The van der Waals surface area contributed by atoms with Gasteiger partial charge in [0.2, 0.25) is 5.91 Å². The minimum Gasteiger partial charge on any atom is -0.378 e. The maximum absolute atomic E-state index is 11.3. The second-order valence-corrected chi connectivity index (χ2v) is 4.04. The first-order chi connectivity index (χ1) is 7.45. The number of hydrogen-bond donors (Lipinski definition) is 1. The summed E-state index contributed by atoms with van der Waals surface area (Å²) < 4.78 is 0. The van der Waals surface area contributed by atoms with E-state index in [2.05, 4.69) is 11.9 Å². The fourth-order valence-electron chi connectivity index (χ4n) is 1.57. The van der Waals surface area contributed by atoms with E-state index in [4.69, 9.17) is 0 Å². The minimum atomic E-state index is -0.177. The van der Waals surface area contributed by atoms with Crippen LogP contribution in [0.5, 0.6) is 0 Å². The summed E-state index contributed by atoms with van der Waals surface area (Å²) in [6.45, 7) is 7.41. The molecule has 3 nitrogen and oxygen atoms in total. The summed E-state index contributed by atoms with van der Waals surface area (Å²) in [5.74, 6) is -0.177. The van der Waals surface area contributed by atoms with E-state index in [1.54, 1.807) is 0 Å². The molecule has 0 heterocycles. The number of aryl methyl sites for hydroxylation is 2. The number of carbonyl (C=O) groups is 1. The third-order valence-electron chi connectivity index (χ3n) is 2.47. The van der Waals surface area contributed by atoms with Gasteiger partial charge in [0.15, 0.2) is 0 Å². The fourth-order valence-corrected chi connectivity index (χ4v) is 1.57. The number of amides is 1. The normalized spacial score (nSPS) is 9.75. The van der Waals surface area contributed by atoms with Gasteiger partial charge in [0.1, 0.15) is 0 Å². The van der Waals surface area contributed by atoms with Crippen LogP contribution >= 0.6 is 0 Å².